The molecule has 0 aliphatic rings. The maximum Gasteiger partial charge on any atom is 0.416 e. The highest BCUT2D eigenvalue weighted by atomic mass is 19.4. The van der Waals surface area contributed by atoms with Crippen molar-refractivity contribution in [2.75, 3.05) is 0 Å². The van der Waals surface area contributed by atoms with Crippen molar-refractivity contribution in [3.8, 4) is 0 Å². The molecule has 382 valence electrons. The molecule has 5 aromatic carbocycles. The highest BCUT2D eigenvalue weighted by molar-refractivity contribution is 7.20. The molecule has 0 unspecified atom stereocenters. The van der Waals surface area contributed by atoms with Gasteiger partial charge in [-0.3, -0.25) is 0 Å². The summed E-state index contributed by atoms with van der Waals surface area (Å²) in [6, 6.07) is 7.96. The van der Waals surface area contributed by atoms with Gasteiger partial charge in [0.05, 0.1) is 44.5 Å². The molecule has 6 rings (SSSR count). The minimum Gasteiger partial charge on any atom is -0.198 e. The Balaban J connectivity index is 0.000000569. The van der Waals surface area contributed by atoms with Crippen molar-refractivity contribution in [3.05, 3.63) is 183 Å². The standard InChI is InChI=1S/C32H12BF24.C13H14N/c34-25(35,36)13-1-14(26(37,38)39)6-21(5-13)33(22-7-15(27(40,41)42)2-16(8-22)28(43,44)45,23-9-17(29(46,47)48)3-18(10-23)30(49,50)51)24-11-19(31(52,53)54)4-20(12-24)32(55,56)57;1-12-7-5-6-10-14(12)11-13-8-3-2-4-9-13/h1-12H;2-10H,11H2,1H3/q-1;+1. The van der Waals surface area contributed by atoms with Crippen molar-refractivity contribution in [2.24, 2.45) is 0 Å². The zero-order valence-electron chi connectivity index (χ0n) is 34.9. The van der Waals surface area contributed by atoms with Crippen LogP contribution in [0, 0.1) is 6.92 Å². The summed E-state index contributed by atoms with van der Waals surface area (Å²) < 4.78 is 343. The molecule has 0 radical (unpaired) electrons. The Kier molecular flexibility index (Phi) is 14.9. The zero-order valence-corrected chi connectivity index (χ0v) is 34.9. The summed E-state index contributed by atoms with van der Waals surface area (Å²) >= 11 is 0. The van der Waals surface area contributed by atoms with E-state index in [1.165, 1.54) is 11.3 Å². The van der Waals surface area contributed by atoms with Crippen LogP contribution in [0.25, 0.3) is 0 Å². The van der Waals surface area contributed by atoms with Crippen LogP contribution in [0.15, 0.2) is 128 Å². The molecule has 0 atom stereocenters. The van der Waals surface area contributed by atoms with Crippen LogP contribution in [0.1, 0.15) is 55.8 Å². The second-order valence-corrected chi connectivity index (χ2v) is 15.7. The number of nitrogens with zero attached hydrogens (tertiary/aromatic N) is 1. The number of hydrogen-bond acceptors (Lipinski definition) is 0. The number of hydrogen-bond donors (Lipinski definition) is 0. The maximum atomic E-state index is 14.2. The molecule has 0 bridgehead atoms. The van der Waals surface area contributed by atoms with Crippen molar-refractivity contribution >= 4 is 28.0 Å². The summed E-state index contributed by atoms with van der Waals surface area (Å²) in [5, 5.41) is 0. The maximum absolute atomic E-state index is 14.2. The quantitative estimate of drug-likeness (QED) is 0.0889. The van der Waals surface area contributed by atoms with Gasteiger partial charge in [0.15, 0.2) is 18.4 Å². The van der Waals surface area contributed by atoms with Gasteiger partial charge in [-0.15, -0.1) is 0 Å². The fraction of sp³-hybridized carbons (Fsp3) is 0.222. The normalized spacial score (nSPS) is 13.5. The van der Waals surface area contributed by atoms with E-state index < -0.39 is 195 Å². The lowest BCUT2D eigenvalue weighted by molar-refractivity contribution is -0.694. The molecule has 1 heterocycles. The van der Waals surface area contributed by atoms with Crippen LogP contribution < -0.4 is 26.4 Å². The fourth-order valence-electron chi connectivity index (χ4n) is 7.59. The van der Waals surface area contributed by atoms with Gasteiger partial charge in [-0.2, -0.15) is 132 Å². The molecule has 0 spiro atoms. The molecule has 0 N–H and O–H groups in total. The van der Waals surface area contributed by atoms with E-state index in [1.807, 2.05) is 6.07 Å². The molecule has 0 saturated heterocycles. The fourth-order valence-corrected chi connectivity index (χ4v) is 7.59. The first-order valence-corrected chi connectivity index (χ1v) is 19.5. The van der Waals surface area contributed by atoms with Crippen molar-refractivity contribution in [1.29, 1.82) is 0 Å². The van der Waals surface area contributed by atoms with E-state index in [9.17, 15) is 105 Å². The number of rotatable bonds is 6. The number of alkyl halides is 24. The van der Waals surface area contributed by atoms with Crippen LogP contribution in [-0.2, 0) is 56.0 Å². The summed E-state index contributed by atoms with van der Waals surface area (Å²) in [6.07, 6.45) is -52.7. The van der Waals surface area contributed by atoms with E-state index >= 15 is 0 Å². The third-order valence-corrected chi connectivity index (χ3v) is 10.8. The number of benzene rings is 5. The summed E-state index contributed by atoms with van der Waals surface area (Å²) in [6.45, 7) is 3.08. The van der Waals surface area contributed by atoms with Crippen molar-refractivity contribution < 1.29 is 110 Å². The van der Waals surface area contributed by atoms with Gasteiger partial charge in [0, 0.05) is 24.6 Å². The molecule has 0 aliphatic carbocycles. The third-order valence-electron chi connectivity index (χ3n) is 10.8. The lowest BCUT2D eigenvalue weighted by Gasteiger charge is -2.46. The van der Waals surface area contributed by atoms with Crippen LogP contribution in [0.4, 0.5) is 105 Å². The van der Waals surface area contributed by atoms with Crippen LogP contribution in [-0.4, -0.2) is 6.15 Å². The van der Waals surface area contributed by atoms with Crippen LogP contribution >= 0.6 is 0 Å². The van der Waals surface area contributed by atoms with Gasteiger partial charge < -0.3 is 0 Å². The van der Waals surface area contributed by atoms with Gasteiger partial charge in [0.25, 0.3) is 0 Å². The average Bonchev–Trinajstić information content (AvgIpc) is 3.22. The second kappa shape index (κ2) is 19.0. The molecule has 71 heavy (non-hydrogen) atoms. The number of aromatic nitrogens is 1. The zero-order chi connectivity index (χ0) is 53.7. The Morgan fingerprint density at radius 3 is 0.746 bits per heavy atom. The van der Waals surface area contributed by atoms with E-state index in [2.05, 4.69) is 60.2 Å². The van der Waals surface area contributed by atoms with E-state index in [0.717, 1.165) is 6.54 Å². The van der Waals surface area contributed by atoms with Crippen LogP contribution in [0.2, 0.25) is 0 Å². The van der Waals surface area contributed by atoms with Crippen molar-refractivity contribution in [3.63, 3.8) is 0 Å². The average molecular weight is 1050 g/mol. The van der Waals surface area contributed by atoms with E-state index in [-0.39, 0.29) is 0 Å². The number of aryl methyl sites for hydroxylation is 1. The Morgan fingerprint density at radius 1 is 0.310 bits per heavy atom. The van der Waals surface area contributed by atoms with Gasteiger partial charge in [-0.05, 0) is 24.3 Å². The monoisotopic (exact) mass is 1050 g/mol. The largest absolute Gasteiger partial charge is 0.416 e. The van der Waals surface area contributed by atoms with Gasteiger partial charge in [0.2, 0.25) is 0 Å². The summed E-state index contributed by atoms with van der Waals surface area (Å²) in [5.74, 6) is 0. The summed E-state index contributed by atoms with van der Waals surface area (Å²) in [4.78, 5) is 0. The predicted molar refractivity (Wildman–Crippen MR) is 207 cm³/mol. The van der Waals surface area contributed by atoms with Gasteiger partial charge in [-0.25, -0.2) is 0 Å². The SMILES string of the molecule is Cc1cccc[n+]1Cc1ccccc1.FC(F)(F)c1cc([B-](c2cc(C(F)(F)F)cc(C(F)(F)F)c2)(c2cc(C(F)(F)F)cc(C(F)(F)F)c2)c2cc(C(F)(F)F)cc(C(F)(F)F)c2)cc(C(F)(F)F)c1. The molecule has 0 saturated carbocycles. The Hall–Kier alpha value is -6.37. The van der Waals surface area contributed by atoms with Crippen LogP contribution in [0.5, 0.6) is 0 Å². The first-order valence-electron chi connectivity index (χ1n) is 19.5. The van der Waals surface area contributed by atoms with Crippen molar-refractivity contribution in [2.45, 2.75) is 62.9 Å². The topological polar surface area (TPSA) is 3.88 Å². The molecule has 6 aromatic rings. The highest BCUT2D eigenvalue weighted by Crippen LogP contribution is 2.41. The lowest BCUT2D eigenvalue weighted by atomic mass is 9.12. The van der Waals surface area contributed by atoms with Gasteiger partial charge in [-0.1, -0.05) is 84.9 Å². The highest BCUT2D eigenvalue weighted by Gasteiger charge is 2.47. The molecule has 1 aromatic heterocycles. The summed E-state index contributed by atoms with van der Waals surface area (Å²) in [5.41, 5.74) is -27.6. The molecule has 0 amide bonds. The molecule has 26 heteroatoms. The molecular weight excluding hydrogens is 1020 g/mol. The van der Waals surface area contributed by atoms with Crippen molar-refractivity contribution in [1.82, 2.24) is 0 Å². The number of pyridine rings is 1. The van der Waals surface area contributed by atoms with Gasteiger partial charge >= 0.3 is 49.4 Å². The van der Waals surface area contributed by atoms with Crippen LogP contribution in [0.3, 0.4) is 0 Å². The first-order chi connectivity index (χ1) is 32.1. The molecule has 0 aliphatic heterocycles. The van der Waals surface area contributed by atoms with Gasteiger partial charge in [0.1, 0.15) is 6.15 Å². The minimum atomic E-state index is -6.13. The Labute approximate surface area is 383 Å². The summed E-state index contributed by atoms with van der Waals surface area (Å²) in [7, 11) is 0. The Morgan fingerprint density at radius 2 is 0.535 bits per heavy atom. The molecular formula is C45H26BF24N. The first kappa shape index (κ1) is 55.6. The molecule has 0 fully saturated rings. The second-order valence-electron chi connectivity index (χ2n) is 15.7. The predicted octanol–water partition coefficient (Wildman–Crippen LogP) is 13.5. The van der Waals surface area contributed by atoms with E-state index in [4.69, 9.17) is 0 Å². The minimum absolute atomic E-state index is 0.691. The third kappa shape index (κ3) is 12.9. The lowest BCUT2D eigenvalue weighted by Crippen LogP contribution is -2.75. The van der Waals surface area contributed by atoms with E-state index in [1.54, 1.807) is 0 Å². The number of halogens is 24. The molecule has 1 nitrogen and oxygen atoms in total. The smallest absolute Gasteiger partial charge is 0.198 e. The Bertz CT molecular complexity index is 2410. The van der Waals surface area contributed by atoms with E-state index in [0.29, 0.717) is 0 Å².